The van der Waals surface area contributed by atoms with Crippen LogP contribution in [0.15, 0.2) is 0 Å². The van der Waals surface area contributed by atoms with Crippen LogP contribution in [0.5, 0.6) is 0 Å². The van der Waals surface area contributed by atoms with Crippen molar-refractivity contribution >= 4 is 17.7 Å². The molecule has 2 rings (SSSR count). The third-order valence-corrected chi connectivity index (χ3v) is 4.07. The van der Waals surface area contributed by atoms with Crippen molar-refractivity contribution in [3.8, 4) is 0 Å². The lowest BCUT2D eigenvalue weighted by molar-refractivity contribution is -0.149. The molecule has 1 aliphatic carbocycles. The highest BCUT2D eigenvalue weighted by Crippen LogP contribution is 2.30. The van der Waals surface area contributed by atoms with Crippen LogP contribution < -0.4 is 5.73 Å². The Kier molecular flexibility index (Phi) is 6.68. The molecule has 0 aromatic rings. The molecule has 2 fully saturated rings. The first-order valence-corrected chi connectivity index (χ1v) is 7.70. The number of hydrogen-bond acceptors (Lipinski definition) is 3. The predicted octanol–water partition coefficient (Wildman–Crippen LogP) is 2.09. The number of rotatable bonds is 3. The van der Waals surface area contributed by atoms with Gasteiger partial charge in [-0.3, -0.25) is 19.3 Å². The Hall–Kier alpha value is -1.39. The summed E-state index contributed by atoms with van der Waals surface area (Å²) in [5, 5.41) is 0. The van der Waals surface area contributed by atoms with Gasteiger partial charge in [-0.05, 0) is 38.0 Å². The second-order valence-corrected chi connectivity index (χ2v) is 5.37. The van der Waals surface area contributed by atoms with E-state index in [-0.39, 0.29) is 25.1 Å². The number of nitrogens with zero attached hydrogens (tertiary/aromatic N) is 1. The van der Waals surface area contributed by atoms with Gasteiger partial charge in [0.1, 0.15) is 0 Å². The van der Waals surface area contributed by atoms with E-state index in [1.807, 2.05) is 13.8 Å². The van der Waals surface area contributed by atoms with Crippen molar-refractivity contribution in [2.24, 2.45) is 17.6 Å². The fraction of sp³-hybridized carbons (Fsp3) is 0.800. The van der Waals surface area contributed by atoms with E-state index in [1.165, 1.54) is 4.90 Å². The Bertz CT molecular complexity index is 350. The highest BCUT2D eigenvalue weighted by atomic mass is 16.2. The molecule has 1 heterocycles. The van der Waals surface area contributed by atoms with Crippen molar-refractivity contribution in [1.29, 1.82) is 0 Å². The number of hydrogen-bond donors (Lipinski definition) is 1. The SMILES string of the molecule is CC.NC(=O)C1CCC(CN2C(=O)CCCC2=O)CC1.[HH]. The van der Waals surface area contributed by atoms with E-state index < -0.39 is 0 Å². The lowest BCUT2D eigenvalue weighted by atomic mass is 9.81. The summed E-state index contributed by atoms with van der Waals surface area (Å²) in [7, 11) is 0. The molecule has 0 bridgehead atoms. The number of imide groups is 1. The Morgan fingerprint density at radius 1 is 1.15 bits per heavy atom. The minimum Gasteiger partial charge on any atom is -0.369 e. The molecular formula is C15H28N2O3. The van der Waals surface area contributed by atoms with E-state index in [9.17, 15) is 14.4 Å². The van der Waals surface area contributed by atoms with Gasteiger partial charge < -0.3 is 5.73 Å². The van der Waals surface area contributed by atoms with Gasteiger partial charge in [-0.25, -0.2) is 0 Å². The lowest BCUT2D eigenvalue weighted by Gasteiger charge is -2.32. The second-order valence-electron chi connectivity index (χ2n) is 5.37. The Morgan fingerprint density at radius 3 is 2.10 bits per heavy atom. The van der Waals surface area contributed by atoms with Crippen molar-refractivity contribution in [1.82, 2.24) is 4.90 Å². The smallest absolute Gasteiger partial charge is 0.229 e. The molecule has 5 nitrogen and oxygen atoms in total. The second kappa shape index (κ2) is 8.02. The molecule has 0 aromatic carbocycles. The van der Waals surface area contributed by atoms with Gasteiger partial charge in [0.05, 0.1) is 0 Å². The molecule has 0 radical (unpaired) electrons. The lowest BCUT2D eigenvalue weighted by Crippen LogP contribution is -2.43. The molecule has 0 atom stereocenters. The third-order valence-electron chi connectivity index (χ3n) is 4.07. The van der Waals surface area contributed by atoms with E-state index in [1.54, 1.807) is 0 Å². The van der Waals surface area contributed by atoms with E-state index in [0.717, 1.165) is 25.7 Å². The molecular weight excluding hydrogens is 256 g/mol. The van der Waals surface area contributed by atoms with Gasteiger partial charge in [0, 0.05) is 26.7 Å². The van der Waals surface area contributed by atoms with Gasteiger partial charge in [-0.2, -0.15) is 0 Å². The number of carbonyl (C=O) groups is 3. The zero-order valence-electron chi connectivity index (χ0n) is 12.6. The minimum atomic E-state index is -0.224. The molecule has 1 saturated carbocycles. The summed E-state index contributed by atoms with van der Waals surface area (Å²) >= 11 is 0. The van der Waals surface area contributed by atoms with Gasteiger partial charge in [0.2, 0.25) is 17.7 Å². The highest BCUT2D eigenvalue weighted by Gasteiger charge is 2.31. The highest BCUT2D eigenvalue weighted by molar-refractivity contribution is 5.97. The predicted molar refractivity (Wildman–Crippen MR) is 78.7 cm³/mol. The molecule has 20 heavy (non-hydrogen) atoms. The molecule has 1 aliphatic heterocycles. The monoisotopic (exact) mass is 284 g/mol. The maximum Gasteiger partial charge on any atom is 0.229 e. The average molecular weight is 284 g/mol. The van der Waals surface area contributed by atoms with Crippen LogP contribution in [0.2, 0.25) is 0 Å². The number of primary amides is 1. The first-order chi connectivity index (χ1) is 9.58. The normalized spacial score (nSPS) is 26.8. The first-order valence-electron chi connectivity index (χ1n) is 7.70. The van der Waals surface area contributed by atoms with Crippen LogP contribution in [0, 0.1) is 11.8 Å². The molecule has 3 amide bonds. The Morgan fingerprint density at radius 2 is 1.65 bits per heavy atom. The van der Waals surface area contributed by atoms with Crippen molar-refractivity contribution in [2.75, 3.05) is 6.54 Å². The summed E-state index contributed by atoms with van der Waals surface area (Å²) in [6.45, 7) is 4.53. The molecule has 2 N–H and O–H groups in total. The number of amides is 3. The van der Waals surface area contributed by atoms with Gasteiger partial charge in [0.15, 0.2) is 0 Å². The van der Waals surface area contributed by atoms with Gasteiger partial charge in [0.25, 0.3) is 0 Å². The summed E-state index contributed by atoms with van der Waals surface area (Å²) in [4.78, 5) is 35.8. The summed E-state index contributed by atoms with van der Waals surface area (Å²) in [6, 6.07) is 0. The van der Waals surface area contributed by atoms with Gasteiger partial charge in [-0.15, -0.1) is 0 Å². The molecule has 0 spiro atoms. The standard InChI is InChI=1S/C13H20N2O3.C2H6.H2/c14-13(18)10-6-4-9(5-7-10)8-15-11(16)2-1-3-12(15)17;1-2;/h9-10H,1-8H2,(H2,14,18);1-2H3;1H. The van der Waals surface area contributed by atoms with Crippen LogP contribution in [-0.4, -0.2) is 29.2 Å². The van der Waals surface area contributed by atoms with E-state index in [0.29, 0.717) is 31.7 Å². The van der Waals surface area contributed by atoms with Crippen LogP contribution in [0.1, 0.15) is 60.2 Å². The maximum absolute atomic E-state index is 11.7. The summed E-state index contributed by atoms with van der Waals surface area (Å²) in [5.41, 5.74) is 5.28. The fourth-order valence-corrected chi connectivity index (χ4v) is 2.89. The molecule has 0 unspecified atom stereocenters. The van der Waals surface area contributed by atoms with E-state index >= 15 is 0 Å². The fourth-order valence-electron chi connectivity index (χ4n) is 2.89. The van der Waals surface area contributed by atoms with Crippen molar-refractivity contribution in [3.05, 3.63) is 0 Å². The van der Waals surface area contributed by atoms with Gasteiger partial charge in [-0.1, -0.05) is 13.8 Å². The zero-order valence-corrected chi connectivity index (χ0v) is 12.6. The zero-order chi connectivity index (χ0) is 15.1. The van der Waals surface area contributed by atoms with E-state index in [2.05, 4.69) is 0 Å². The van der Waals surface area contributed by atoms with Crippen molar-refractivity contribution in [2.45, 2.75) is 58.8 Å². The molecule has 116 valence electrons. The Labute approximate surface area is 122 Å². The van der Waals surface area contributed by atoms with Crippen LogP contribution in [0.25, 0.3) is 0 Å². The van der Waals surface area contributed by atoms with E-state index in [4.69, 9.17) is 5.73 Å². The largest absolute Gasteiger partial charge is 0.369 e. The average Bonchev–Trinajstić information content (AvgIpc) is 2.46. The van der Waals surface area contributed by atoms with Crippen LogP contribution in [0.4, 0.5) is 0 Å². The number of piperidine rings is 1. The van der Waals surface area contributed by atoms with Crippen LogP contribution in [-0.2, 0) is 14.4 Å². The van der Waals surface area contributed by atoms with Crippen LogP contribution >= 0.6 is 0 Å². The summed E-state index contributed by atoms with van der Waals surface area (Å²) in [5.74, 6) is 0.0192. The quantitative estimate of drug-likeness (QED) is 0.806. The maximum atomic E-state index is 11.7. The molecule has 0 aromatic heterocycles. The van der Waals surface area contributed by atoms with Crippen LogP contribution in [0.3, 0.4) is 0 Å². The minimum absolute atomic E-state index is 0. The topological polar surface area (TPSA) is 80.5 Å². The number of nitrogens with two attached hydrogens (primary N) is 1. The number of likely N-dealkylation sites (tertiary alicyclic amines) is 1. The summed E-state index contributed by atoms with van der Waals surface area (Å²) in [6.07, 6.45) is 5.00. The van der Waals surface area contributed by atoms with Crippen molar-refractivity contribution in [3.63, 3.8) is 0 Å². The third kappa shape index (κ3) is 4.32. The molecule has 5 heteroatoms. The van der Waals surface area contributed by atoms with Crippen molar-refractivity contribution < 1.29 is 15.8 Å². The first kappa shape index (κ1) is 16.7. The number of carbonyl (C=O) groups excluding carboxylic acids is 3. The molecule has 1 saturated heterocycles. The molecule has 2 aliphatic rings. The Balaban J connectivity index is 0.00000128. The van der Waals surface area contributed by atoms with Gasteiger partial charge >= 0.3 is 0 Å². The summed E-state index contributed by atoms with van der Waals surface area (Å²) < 4.78 is 0.